The van der Waals surface area contributed by atoms with Crippen LogP contribution in [0.2, 0.25) is 0 Å². The smallest absolute Gasteiger partial charge is 0.147 e. The predicted octanol–water partition coefficient (Wildman–Crippen LogP) is 1.57. The summed E-state index contributed by atoms with van der Waals surface area (Å²) in [6.07, 6.45) is 0.150. The van der Waals surface area contributed by atoms with Crippen LogP contribution in [0.5, 0.6) is 0 Å². The van der Waals surface area contributed by atoms with Gasteiger partial charge in [-0.3, -0.25) is 4.68 Å². The third-order valence-corrected chi connectivity index (χ3v) is 2.62. The van der Waals surface area contributed by atoms with Crippen LogP contribution in [0.25, 0.3) is 0 Å². The van der Waals surface area contributed by atoms with Gasteiger partial charge < -0.3 is 15.8 Å². The fourth-order valence-corrected chi connectivity index (χ4v) is 1.52. The van der Waals surface area contributed by atoms with Gasteiger partial charge in [-0.05, 0) is 12.8 Å². The van der Waals surface area contributed by atoms with Crippen LogP contribution in [-0.2, 0) is 11.8 Å². The molecule has 1 unspecified atom stereocenters. The number of aromatic nitrogens is 2. The predicted molar refractivity (Wildman–Crippen MR) is 66.7 cm³/mol. The summed E-state index contributed by atoms with van der Waals surface area (Å²) >= 11 is 0. The minimum absolute atomic E-state index is 0.150. The Hall–Kier alpha value is -1.23. The lowest BCUT2D eigenvalue weighted by Gasteiger charge is -2.12. The first-order valence-electron chi connectivity index (χ1n) is 5.56. The molecule has 0 spiro atoms. The summed E-state index contributed by atoms with van der Waals surface area (Å²) in [5.74, 6) is 1.20. The van der Waals surface area contributed by atoms with E-state index in [0.29, 0.717) is 5.92 Å². The number of hydrogen-bond donors (Lipinski definition) is 2. The van der Waals surface area contributed by atoms with Crippen molar-refractivity contribution in [2.75, 3.05) is 24.7 Å². The van der Waals surface area contributed by atoms with Gasteiger partial charge in [0.05, 0.1) is 17.5 Å². The van der Waals surface area contributed by atoms with Crippen molar-refractivity contribution in [3.05, 3.63) is 5.69 Å². The molecular formula is C11H22N4O. The molecule has 3 N–H and O–H groups in total. The van der Waals surface area contributed by atoms with Crippen molar-refractivity contribution < 1.29 is 4.74 Å². The molecule has 0 aliphatic heterocycles. The van der Waals surface area contributed by atoms with E-state index in [1.165, 1.54) is 0 Å². The van der Waals surface area contributed by atoms with Gasteiger partial charge in [0.2, 0.25) is 0 Å². The standard InChI is InChI=1S/C11H22N4O/c1-7(2)10-9(12)11(15(4)14-10)13-6-8(3)16-5/h7-8,13H,6,12H2,1-5H3. The van der Waals surface area contributed by atoms with Crippen molar-refractivity contribution in [3.63, 3.8) is 0 Å². The molecule has 0 fully saturated rings. The zero-order chi connectivity index (χ0) is 12.3. The lowest BCUT2D eigenvalue weighted by atomic mass is 10.1. The molecule has 0 bridgehead atoms. The van der Waals surface area contributed by atoms with E-state index in [1.807, 2.05) is 14.0 Å². The zero-order valence-corrected chi connectivity index (χ0v) is 10.7. The molecule has 16 heavy (non-hydrogen) atoms. The highest BCUT2D eigenvalue weighted by molar-refractivity contribution is 5.65. The molecule has 1 atom stereocenters. The zero-order valence-electron chi connectivity index (χ0n) is 10.7. The Morgan fingerprint density at radius 1 is 1.44 bits per heavy atom. The summed E-state index contributed by atoms with van der Waals surface area (Å²) < 4.78 is 6.96. The fourth-order valence-electron chi connectivity index (χ4n) is 1.52. The molecule has 92 valence electrons. The molecule has 0 saturated carbocycles. The van der Waals surface area contributed by atoms with E-state index in [2.05, 4.69) is 24.3 Å². The topological polar surface area (TPSA) is 65.1 Å². The minimum atomic E-state index is 0.150. The second-order valence-corrected chi connectivity index (χ2v) is 4.35. The number of anilines is 2. The van der Waals surface area contributed by atoms with Crippen molar-refractivity contribution in [2.24, 2.45) is 7.05 Å². The van der Waals surface area contributed by atoms with Crippen molar-refractivity contribution in [1.29, 1.82) is 0 Å². The number of nitrogens with zero attached hydrogens (tertiary/aromatic N) is 2. The number of ether oxygens (including phenoxy) is 1. The van der Waals surface area contributed by atoms with Crippen molar-refractivity contribution in [1.82, 2.24) is 9.78 Å². The Kier molecular flexibility index (Phi) is 4.18. The van der Waals surface area contributed by atoms with Gasteiger partial charge in [-0.25, -0.2) is 0 Å². The van der Waals surface area contributed by atoms with Crippen molar-refractivity contribution in [2.45, 2.75) is 32.8 Å². The normalized spacial score (nSPS) is 13.1. The number of rotatable bonds is 5. The summed E-state index contributed by atoms with van der Waals surface area (Å²) in [5.41, 5.74) is 7.72. The van der Waals surface area contributed by atoms with E-state index < -0.39 is 0 Å². The Morgan fingerprint density at radius 2 is 2.06 bits per heavy atom. The van der Waals surface area contributed by atoms with Crippen molar-refractivity contribution >= 4 is 11.5 Å². The molecule has 5 nitrogen and oxygen atoms in total. The van der Waals surface area contributed by atoms with Crippen LogP contribution in [0.15, 0.2) is 0 Å². The molecule has 0 saturated heterocycles. The molecule has 0 aromatic carbocycles. The highest BCUT2D eigenvalue weighted by Gasteiger charge is 2.15. The molecule has 5 heteroatoms. The maximum atomic E-state index is 6.05. The average Bonchev–Trinajstić information content (AvgIpc) is 2.51. The van der Waals surface area contributed by atoms with E-state index in [1.54, 1.807) is 11.8 Å². The van der Waals surface area contributed by atoms with Gasteiger partial charge in [0.1, 0.15) is 5.82 Å². The van der Waals surface area contributed by atoms with Crippen LogP contribution < -0.4 is 11.1 Å². The summed E-state index contributed by atoms with van der Waals surface area (Å²) in [6.45, 7) is 6.89. The number of nitrogens with one attached hydrogen (secondary N) is 1. The highest BCUT2D eigenvalue weighted by atomic mass is 16.5. The second kappa shape index (κ2) is 5.21. The maximum Gasteiger partial charge on any atom is 0.147 e. The first-order chi connectivity index (χ1) is 7.47. The number of nitrogens with two attached hydrogens (primary N) is 1. The van der Waals surface area contributed by atoms with Gasteiger partial charge in [0, 0.05) is 20.7 Å². The fraction of sp³-hybridized carbons (Fsp3) is 0.727. The number of nitrogen functional groups attached to an aromatic ring is 1. The van der Waals surface area contributed by atoms with E-state index in [0.717, 1.165) is 23.7 Å². The highest BCUT2D eigenvalue weighted by Crippen LogP contribution is 2.27. The minimum Gasteiger partial charge on any atom is -0.394 e. The van der Waals surface area contributed by atoms with Crippen LogP contribution >= 0.6 is 0 Å². The lowest BCUT2D eigenvalue weighted by Crippen LogP contribution is -2.20. The Morgan fingerprint density at radius 3 is 2.50 bits per heavy atom. The molecule has 1 rings (SSSR count). The van der Waals surface area contributed by atoms with Crippen LogP contribution in [0.3, 0.4) is 0 Å². The summed E-state index contributed by atoms with van der Waals surface area (Å²) in [5, 5.41) is 7.66. The van der Waals surface area contributed by atoms with Crippen LogP contribution in [0.1, 0.15) is 32.4 Å². The molecule has 1 aromatic rings. The molecular weight excluding hydrogens is 204 g/mol. The Bertz CT molecular complexity index is 346. The van der Waals surface area contributed by atoms with Crippen LogP contribution in [0.4, 0.5) is 11.5 Å². The van der Waals surface area contributed by atoms with Gasteiger partial charge in [-0.1, -0.05) is 13.8 Å². The molecule has 1 heterocycles. The number of aryl methyl sites for hydroxylation is 1. The Balaban J connectivity index is 2.80. The second-order valence-electron chi connectivity index (χ2n) is 4.35. The molecule has 1 aromatic heterocycles. The van der Waals surface area contributed by atoms with Crippen LogP contribution in [-0.4, -0.2) is 29.5 Å². The molecule has 0 aliphatic rings. The van der Waals surface area contributed by atoms with E-state index in [4.69, 9.17) is 10.5 Å². The molecule has 0 amide bonds. The number of methoxy groups -OCH3 is 1. The van der Waals surface area contributed by atoms with Gasteiger partial charge in [0.25, 0.3) is 0 Å². The average molecular weight is 226 g/mol. The lowest BCUT2D eigenvalue weighted by molar-refractivity contribution is 0.128. The summed E-state index contributed by atoms with van der Waals surface area (Å²) in [4.78, 5) is 0. The summed E-state index contributed by atoms with van der Waals surface area (Å²) in [6, 6.07) is 0. The van der Waals surface area contributed by atoms with Gasteiger partial charge in [-0.2, -0.15) is 5.10 Å². The largest absolute Gasteiger partial charge is 0.394 e. The van der Waals surface area contributed by atoms with E-state index >= 15 is 0 Å². The van der Waals surface area contributed by atoms with Gasteiger partial charge >= 0.3 is 0 Å². The molecule has 0 aliphatic carbocycles. The van der Waals surface area contributed by atoms with Gasteiger partial charge in [-0.15, -0.1) is 0 Å². The van der Waals surface area contributed by atoms with E-state index in [9.17, 15) is 0 Å². The van der Waals surface area contributed by atoms with Crippen molar-refractivity contribution in [3.8, 4) is 0 Å². The maximum absolute atomic E-state index is 6.05. The number of hydrogen-bond acceptors (Lipinski definition) is 4. The van der Waals surface area contributed by atoms with E-state index in [-0.39, 0.29) is 6.10 Å². The third-order valence-electron chi connectivity index (χ3n) is 2.62. The van der Waals surface area contributed by atoms with Crippen LogP contribution in [0, 0.1) is 0 Å². The first kappa shape index (κ1) is 12.8. The quantitative estimate of drug-likeness (QED) is 0.800. The van der Waals surface area contributed by atoms with Gasteiger partial charge in [0.15, 0.2) is 0 Å². The Labute approximate surface area is 97.0 Å². The first-order valence-corrected chi connectivity index (χ1v) is 5.56. The SMILES string of the molecule is COC(C)CNc1c(N)c(C(C)C)nn1C. The summed E-state index contributed by atoms with van der Waals surface area (Å²) in [7, 11) is 3.58. The third kappa shape index (κ3) is 2.66. The monoisotopic (exact) mass is 226 g/mol. The molecule has 0 radical (unpaired) electrons.